The Morgan fingerprint density at radius 2 is 1.84 bits per heavy atom. The third-order valence-electron chi connectivity index (χ3n) is 6.80. The Kier molecular flexibility index (Phi) is 9.78. The van der Waals surface area contributed by atoms with E-state index in [0.717, 1.165) is 57.3 Å². The van der Waals surface area contributed by atoms with Gasteiger partial charge in [-0.15, -0.1) is 0 Å². The van der Waals surface area contributed by atoms with Gasteiger partial charge in [-0.05, 0) is 23.6 Å². The summed E-state index contributed by atoms with van der Waals surface area (Å²) in [6, 6.07) is 9.43. The number of fused-ring (bicyclic) bond motifs is 1. The Balaban J connectivity index is 1.58. The number of aliphatic hydroxyl groups is 1. The van der Waals surface area contributed by atoms with Gasteiger partial charge in [0.15, 0.2) is 5.82 Å². The molecule has 0 radical (unpaired) electrons. The fourth-order valence-corrected chi connectivity index (χ4v) is 5.20. The normalized spacial score (nSPS) is 15.7. The van der Waals surface area contributed by atoms with E-state index in [1.54, 1.807) is 0 Å². The molecule has 0 amide bonds. The highest BCUT2D eigenvalue weighted by molar-refractivity contribution is 6.76. The topological polar surface area (TPSA) is 108 Å². The molecule has 1 unspecified atom stereocenters. The van der Waals surface area contributed by atoms with Crippen LogP contribution in [0.25, 0.3) is 11.0 Å². The number of benzene rings is 1. The SMILES string of the molecule is CCCCOc1nc(N)c2c(n1)c(C(O)c1ccc(CN3CCOCC3)cc1)cn2COCC[Si](C)(C)C. The number of ether oxygens (including phenoxy) is 3. The van der Waals surface area contributed by atoms with Gasteiger partial charge in [-0.25, -0.2) is 0 Å². The zero-order valence-electron chi connectivity index (χ0n) is 23.3. The highest BCUT2D eigenvalue weighted by Crippen LogP contribution is 2.33. The van der Waals surface area contributed by atoms with Crippen LogP contribution >= 0.6 is 0 Å². The van der Waals surface area contributed by atoms with Crippen LogP contribution in [0.2, 0.25) is 25.7 Å². The lowest BCUT2D eigenvalue weighted by Crippen LogP contribution is -2.35. The van der Waals surface area contributed by atoms with Gasteiger partial charge in [0.2, 0.25) is 0 Å². The Morgan fingerprint density at radius 3 is 2.53 bits per heavy atom. The molecular weight excluding hydrogens is 498 g/mol. The Labute approximate surface area is 226 Å². The van der Waals surface area contributed by atoms with E-state index >= 15 is 0 Å². The maximum absolute atomic E-state index is 11.5. The number of nitrogen functional groups attached to an aromatic ring is 1. The second-order valence-electron chi connectivity index (χ2n) is 11.2. The molecule has 3 aromatic rings. The molecule has 0 spiro atoms. The van der Waals surface area contributed by atoms with Gasteiger partial charge in [0.1, 0.15) is 23.9 Å². The molecule has 4 rings (SSSR count). The van der Waals surface area contributed by atoms with E-state index in [1.807, 2.05) is 22.9 Å². The molecule has 10 heteroatoms. The van der Waals surface area contributed by atoms with Crippen LogP contribution in [0.15, 0.2) is 30.5 Å². The van der Waals surface area contributed by atoms with Gasteiger partial charge in [-0.2, -0.15) is 9.97 Å². The largest absolute Gasteiger partial charge is 0.463 e. The first-order chi connectivity index (χ1) is 18.2. The summed E-state index contributed by atoms with van der Waals surface area (Å²) in [5, 5.41) is 11.5. The molecular formula is C28H43N5O4Si. The van der Waals surface area contributed by atoms with E-state index in [9.17, 15) is 5.11 Å². The lowest BCUT2D eigenvalue weighted by molar-refractivity contribution is 0.0342. The van der Waals surface area contributed by atoms with Crippen molar-refractivity contribution in [1.82, 2.24) is 19.4 Å². The van der Waals surface area contributed by atoms with Crippen molar-refractivity contribution < 1.29 is 19.3 Å². The number of unbranched alkanes of at least 4 members (excludes halogenated alkanes) is 1. The number of aromatic nitrogens is 3. The third-order valence-corrected chi connectivity index (χ3v) is 8.51. The van der Waals surface area contributed by atoms with Gasteiger partial charge in [-0.1, -0.05) is 57.3 Å². The molecule has 1 aliphatic heterocycles. The maximum Gasteiger partial charge on any atom is 0.319 e. The van der Waals surface area contributed by atoms with Crippen molar-refractivity contribution in [2.75, 3.05) is 45.3 Å². The van der Waals surface area contributed by atoms with Crippen LogP contribution in [0, 0.1) is 0 Å². The van der Waals surface area contributed by atoms with Crippen molar-refractivity contribution in [2.45, 2.75) is 64.8 Å². The van der Waals surface area contributed by atoms with Crippen molar-refractivity contribution in [3.63, 3.8) is 0 Å². The van der Waals surface area contributed by atoms with E-state index < -0.39 is 14.2 Å². The molecule has 3 N–H and O–H groups in total. The smallest absolute Gasteiger partial charge is 0.319 e. The molecule has 3 heterocycles. The molecule has 9 nitrogen and oxygen atoms in total. The van der Waals surface area contributed by atoms with Gasteiger partial charge in [-0.3, -0.25) is 4.90 Å². The number of nitrogens with two attached hydrogens (primary N) is 1. The fourth-order valence-electron chi connectivity index (χ4n) is 4.45. The molecule has 1 aliphatic rings. The quantitative estimate of drug-likeness (QED) is 0.242. The first-order valence-corrected chi connectivity index (χ1v) is 17.4. The van der Waals surface area contributed by atoms with Crippen LogP contribution in [-0.4, -0.2) is 72.1 Å². The molecule has 1 fully saturated rings. The minimum Gasteiger partial charge on any atom is -0.463 e. The molecule has 0 bridgehead atoms. The number of aliphatic hydroxyl groups excluding tert-OH is 1. The lowest BCUT2D eigenvalue weighted by Gasteiger charge is -2.26. The summed E-state index contributed by atoms with van der Waals surface area (Å²) in [6.07, 6.45) is 2.91. The zero-order chi connectivity index (χ0) is 27.1. The first kappa shape index (κ1) is 28.5. The highest BCUT2D eigenvalue weighted by atomic mass is 28.3. The van der Waals surface area contributed by atoms with E-state index in [1.165, 1.54) is 5.56 Å². The second-order valence-corrected chi connectivity index (χ2v) is 16.8. The van der Waals surface area contributed by atoms with Gasteiger partial charge in [0, 0.05) is 46.1 Å². The summed E-state index contributed by atoms with van der Waals surface area (Å²) >= 11 is 0. The lowest BCUT2D eigenvalue weighted by atomic mass is 10.0. The monoisotopic (exact) mass is 541 g/mol. The number of rotatable bonds is 13. The summed E-state index contributed by atoms with van der Waals surface area (Å²) in [7, 11) is -1.21. The van der Waals surface area contributed by atoms with Crippen molar-refractivity contribution in [3.8, 4) is 6.01 Å². The average molecular weight is 542 g/mol. The average Bonchev–Trinajstić information content (AvgIpc) is 3.26. The molecule has 1 aromatic carbocycles. The molecule has 0 aliphatic carbocycles. The molecule has 1 saturated heterocycles. The second kappa shape index (κ2) is 13.0. The summed E-state index contributed by atoms with van der Waals surface area (Å²) in [5.74, 6) is 0.314. The number of morpholine rings is 1. The molecule has 0 saturated carbocycles. The predicted octanol–water partition coefficient (Wildman–Crippen LogP) is 4.42. The Bertz CT molecular complexity index is 1170. The minimum atomic E-state index is -1.21. The number of anilines is 1. The van der Waals surface area contributed by atoms with Crippen LogP contribution in [0.5, 0.6) is 6.01 Å². The van der Waals surface area contributed by atoms with Gasteiger partial charge in [0.05, 0.1) is 19.8 Å². The van der Waals surface area contributed by atoms with E-state index in [-0.39, 0.29) is 6.01 Å². The van der Waals surface area contributed by atoms with Crippen LogP contribution in [0.3, 0.4) is 0 Å². The van der Waals surface area contributed by atoms with Crippen molar-refractivity contribution in [1.29, 1.82) is 0 Å². The van der Waals surface area contributed by atoms with Gasteiger partial charge >= 0.3 is 6.01 Å². The van der Waals surface area contributed by atoms with E-state index in [0.29, 0.717) is 42.4 Å². The van der Waals surface area contributed by atoms with Crippen molar-refractivity contribution >= 4 is 24.9 Å². The molecule has 2 aromatic heterocycles. The molecule has 1 atom stereocenters. The number of nitrogens with zero attached hydrogens (tertiary/aromatic N) is 4. The molecule has 208 valence electrons. The predicted molar refractivity (Wildman–Crippen MR) is 153 cm³/mol. The van der Waals surface area contributed by atoms with Crippen molar-refractivity contribution in [3.05, 3.63) is 47.2 Å². The fraction of sp³-hybridized carbons (Fsp3) is 0.571. The van der Waals surface area contributed by atoms with Crippen LogP contribution in [-0.2, 0) is 22.7 Å². The summed E-state index contributed by atoms with van der Waals surface area (Å²) in [4.78, 5) is 11.4. The first-order valence-electron chi connectivity index (χ1n) is 13.7. The van der Waals surface area contributed by atoms with E-state index in [2.05, 4.69) is 53.6 Å². The molecule has 38 heavy (non-hydrogen) atoms. The summed E-state index contributed by atoms with van der Waals surface area (Å²) in [5.41, 5.74) is 10.3. The third kappa shape index (κ3) is 7.54. The summed E-state index contributed by atoms with van der Waals surface area (Å²) < 4.78 is 19.1. The van der Waals surface area contributed by atoms with Gasteiger partial charge < -0.3 is 29.6 Å². The number of hydrogen-bond acceptors (Lipinski definition) is 8. The number of hydrogen-bond donors (Lipinski definition) is 2. The van der Waals surface area contributed by atoms with E-state index in [4.69, 9.17) is 19.9 Å². The van der Waals surface area contributed by atoms with Crippen LogP contribution < -0.4 is 10.5 Å². The van der Waals surface area contributed by atoms with Crippen molar-refractivity contribution in [2.24, 2.45) is 0 Å². The summed E-state index contributed by atoms with van der Waals surface area (Å²) in [6.45, 7) is 14.9. The zero-order valence-corrected chi connectivity index (χ0v) is 24.3. The maximum atomic E-state index is 11.5. The minimum absolute atomic E-state index is 0.232. The standard InChI is InChI=1S/C28H43N5O4Si/c1-5-6-13-37-28-30-24-23(19-33(25(24)27(29)31-28)20-36-16-17-38(2,3)4)26(34)22-9-7-21(8-10-22)18-32-11-14-35-15-12-32/h7-10,19,26,34H,5-6,11-18,20H2,1-4H3,(H2,29,30,31). The highest BCUT2D eigenvalue weighted by Gasteiger charge is 2.23. The van der Waals surface area contributed by atoms with Crippen LogP contribution in [0.1, 0.15) is 42.6 Å². The Morgan fingerprint density at radius 1 is 1.11 bits per heavy atom. The van der Waals surface area contributed by atoms with Gasteiger partial charge in [0.25, 0.3) is 0 Å². The Hall–Kier alpha value is -2.50. The van der Waals surface area contributed by atoms with Crippen LogP contribution in [0.4, 0.5) is 5.82 Å².